The summed E-state index contributed by atoms with van der Waals surface area (Å²) < 4.78 is 0. The van der Waals surface area contributed by atoms with Crippen LogP contribution in [0.25, 0.3) is 0 Å². The number of nitrogens with two attached hydrogens (primary N) is 4. The minimum atomic E-state index is -1.70. The maximum atomic E-state index is 14.2. The van der Waals surface area contributed by atoms with Crippen molar-refractivity contribution in [2.24, 2.45) is 34.8 Å². The van der Waals surface area contributed by atoms with Crippen LogP contribution in [0.5, 0.6) is 11.5 Å². The van der Waals surface area contributed by atoms with Crippen LogP contribution in [0.4, 0.5) is 0 Å². The van der Waals surface area contributed by atoms with Crippen LogP contribution in [0.3, 0.4) is 0 Å². The Morgan fingerprint density at radius 3 is 1.36 bits per heavy atom. The van der Waals surface area contributed by atoms with Gasteiger partial charge in [0.2, 0.25) is 53.2 Å². The van der Waals surface area contributed by atoms with Gasteiger partial charge >= 0.3 is 11.9 Å². The lowest BCUT2D eigenvalue weighted by Gasteiger charge is -2.28. The number of aromatic hydroxyl groups is 2. The molecule has 0 aliphatic rings. The number of hydrogen-bond donors (Lipinski definition) is 16. The van der Waals surface area contributed by atoms with Gasteiger partial charge in [0, 0.05) is 12.8 Å². The third-order valence-corrected chi connectivity index (χ3v) is 13.1. The van der Waals surface area contributed by atoms with E-state index in [2.05, 4.69) is 42.5 Å². The Hall–Kier alpha value is -7.91. The Bertz CT molecular complexity index is 2430. The van der Waals surface area contributed by atoms with Crippen molar-refractivity contribution < 1.29 is 73.2 Å². The first-order valence-corrected chi connectivity index (χ1v) is 27.1. The lowest BCUT2D eigenvalue weighted by Crippen LogP contribution is -2.60. The monoisotopic (exact) mass is 1140 g/mol. The van der Waals surface area contributed by atoms with E-state index in [-0.39, 0.29) is 69.0 Å². The smallest absolute Gasteiger partial charge is 0.326 e. The fourth-order valence-electron chi connectivity index (χ4n) is 8.21. The van der Waals surface area contributed by atoms with Crippen LogP contribution in [0.2, 0.25) is 0 Å². The molecule has 27 heteroatoms. The molecule has 0 saturated carbocycles. The molecule has 0 unspecified atom stereocenters. The quantitative estimate of drug-likeness (QED) is 0.0333. The van der Waals surface area contributed by atoms with Crippen LogP contribution in [0.15, 0.2) is 48.5 Å². The molecule has 81 heavy (non-hydrogen) atoms. The van der Waals surface area contributed by atoms with E-state index in [0.717, 1.165) is 0 Å². The number of phenols is 2. The van der Waals surface area contributed by atoms with E-state index >= 15 is 0 Å². The molecule has 9 amide bonds. The lowest BCUT2D eigenvalue weighted by molar-refractivity contribution is -0.144. The fraction of sp³-hybridized carbons (Fsp3) is 0.574. The number of carbonyl (C=O) groups excluding carboxylic acids is 9. The minimum absolute atomic E-state index is 0.00154. The number of rotatable bonds is 38. The number of benzene rings is 2. The highest BCUT2D eigenvalue weighted by Gasteiger charge is 2.36. The predicted octanol–water partition coefficient (Wildman–Crippen LogP) is -1.72. The highest BCUT2D eigenvalue weighted by molar-refractivity contribution is 5.99. The van der Waals surface area contributed by atoms with Crippen molar-refractivity contribution in [2.75, 3.05) is 13.1 Å². The number of amides is 9. The molecule has 2 aromatic rings. The van der Waals surface area contributed by atoms with Crippen molar-refractivity contribution in [1.82, 2.24) is 42.5 Å². The summed E-state index contributed by atoms with van der Waals surface area (Å²) in [6, 6.07) is -0.986. The Morgan fingerprint density at radius 1 is 0.494 bits per heavy atom. The summed E-state index contributed by atoms with van der Waals surface area (Å²) >= 11 is 0. The number of carbonyl (C=O) groups is 11. The van der Waals surface area contributed by atoms with Crippen molar-refractivity contribution in [3.8, 4) is 11.5 Å². The van der Waals surface area contributed by atoms with Crippen molar-refractivity contribution in [3.63, 3.8) is 0 Å². The highest BCUT2D eigenvalue weighted by atomic mass is 16.4. The molecule has 0 heterocycles. The molecule has 0 aromatic heterocycles. The largest absolute Gasteiger partial charge is 0.508 e. The molecule has 0 fully saturated rings. The first-order chi connectivity index (χ1) is 38.2. The Labute approximate surface area is 471 Å². The molecule has 2 rings (SSSR count). The highest BCUT2D eigenvalue weighted by Crippen LogP contribution is 2.16. The van der Waals surface area contributed by atoms with E-state index < -0.39 is 145 Å². The topological polar surface area (TPSA) is 469 Å². The summed E-state index contributed by atoms with van der Waals surface area (Å²) in [7, 11) is 0. The van der Waals surface area contributed by atoms with Crippen LogP contribution in [0, 0.1) is 11.8 Å². The Morgan fingerprint density at radius 2 is 0.901 bits per heavy atom. The summed E-state index contributed by atoms with van der Waals surface area (Å²) in [6.07, 6.45) is -0.332. The second-order valence-corrected chi connectivity index (χ2v) is 20.5. The van der Waals surface area contributed by atoms with Gasteiger partial charge in [0.25, 0.3) is 0 Å². The molecule has 2 aromatic carbocycles. The van der Waals surface area contributed by atoms with Crippen LogP contribution >= 0.6 is 0 Å². The third-order valence-electron chi connectivity index (χ3n) is 13.1. The number of carboxylic acids is 2. The number of hydrogen-bond acceptors (Lipinski definition) is 16. The van der Waals surface area contributed by atoms with Crippen LogP contribution in [-0.2, 0) is 65.6 Å². The molecule has 0 bridgehead atoms. The summed E-state index contributed by atoms with van der Waals surface area (Å²) in [5.41, 5.74) is 24.1. The van der Waals surface area contributed by atoms with Gasteiger partial charge < -0.3 is 85.9 Å². The van der Waals surface area contributed by atoms with Crippen molar-refractivity contribution >= 4 is 65.1 Å². The molecule has 20 N–H and O–H groups in total. The molecule has 0 spiro atoms. The molecule has 0 saturated heterocycles. The van der Waals surface area contributed by atoms with Gasteiger partial charge in [0.15, 0.2) is 0 Å². The van der Waals surface area contributed by atoms with Gasteiger partial charge in [-0.3, -0.25) is 47.9 Å². The van der Waals surface area contributed by atoms with E-state index in [1.807, 2.05) is 0 Å². The number of aliphatic carboxylic acids is 2. The van der Waals surface area contributed by atoms with E-state index in [1.165, 1.54) is 43.3 Å². The standard InChI is InChI=1S/C54H84N12O15/c1-6-30(4)45(54(80)81)66-50(76)38(12-8-10-24-56)61-53(79)42(28-43(58)69)63-46(72)31(5)59-48(74)37(11-7-9-23-55)60-49(75)39(21-22-44(70)71)62-51(77)40(25-29(2)3)65-52(78)41(27-33-15-19-35(68)20-16-33)64-47(73)36(57)26-32-13-17-34(67)18-14-32/h13-20,29-31,36-42,45,67-68H,6-12,21-28,55-57H2,1-5H3,(H2,58,69)(H,59,74)(H,60,75)(H,61,79)(H,62,77)(H,63,72)(H,64,73)(H,65,78)(H,66,76)(H,70,71)(H,80,81)/t30-,31-,36-,37-,38-,39-,40-,41-,42-,45-/m0/s1. The SMILES string of the molecule is CC[C@H](C)[C@H](NC(=O)[C@H](CCCCN)NC(=O)[C@H](CC(N)=O)NC(=O)[C@H](C)NC(=O)[C@H](CCCCN)NC(=O)[C@H](CCC(=O)O)NC(=O)[C@H](CC(C)C)NC(=O)[C@H](Cc1ccc(O)cc1)NC(=O)[C@@H](N)Cc1ccc(O)cc1)C(=O)O. The lowest BCUT2D eigenvalue weighted by atomic mass is 9.98. The second-order valence-electron chi connectivity index (χ2n) is 20.5. The van der Waals surface area contributed by atoms with E-state index in [0.29, 0.717) is 36.8 Å². The van der Waals surface area contributed by atoms with Gasteiger partial charge in [-0.1, -0.05) is 58.4 Å². The van der Waals surface area contributed by atoms with Gasteiger partial charge in [0.1, 0.15) is 59.8 Å². The first kappa shape index (κ1) is 69.2. The third kappa shape index (κ3) is 25.8. The van der Waals surface area contributed by atoms with Crippen LogP contribution < -0.4 is 65.5 Å². The Kier molecular flexibility index (Phi) is 30.5. The molecular weight excluding hydrogens is 1060 g/mol. The minimum Gasteiger partial charge on any atom is -0.508 e. The Balaban J connectivity index is 2.38. The summed E-state index contributed by atoms with van der Waals surface area (Å²) in [6.45, 7) is 8.50. The van der Waals surface area contributed by atoms with Crippen molar-refractivity contribution in [2.45, 2.75) is 172 Å². The number of carboxylic acid groups (broad SMARTS) is 2. The summed E-state index contributed by atoms with van der Waals surface area (Å²) in [5.74, 6) is -11.9. The van der Waals surface area contributed by atoms with Gasteiger partial charge in [-0.2, -0.15) is 0 Å². The van der Waals surface area contributed by atoms with Crippen molar-refractivity contribution in [1.29, 1.82) is 0 Å². The number of nitrogens with one attached hydrogen (secondary N) is 8. The average Bonchev–Trinajstić information content (AvgIpc) is 3.40. The fourth-order valence-corrected chi connectivity index (χ4v) is 8.21. The van der Waals surface area contributed by atoms with Crippen molar-refractivity contribution in [3.05, 3.63) is 59.7 Å². The van der Waals surface area contributed by atoms with Gasteiger partial charge in [-0.05, 0) is 125 Å². The molecule has 10 atom stereocenters. The van der Waals surface area contributed by atoms with E-state index in [1.54, 1.807) is 39.8 Å². The molecular formula is C54H84N12O15. The van der Waals surface area contributed by atoms with Crippen LogP contribution in [-0.4, -0.2) is 153 Å². The van der Waals surface area contributed by atoms with Crippen LogP contribution in [0.1, 0.15) is 116 Å². The van der Waals surface area contributed by atoms with E-state index in [9.17, 15) is 73.2 Å². The average molecular weight is 1140 g/mol. The molecule has 450 valence electrons. The number of unbranched alkanes of at least 4 members (excludes halogenated alkanes) is 2. The maximum Gasteiger partial charge on any atom is 0.326 e. The molecule has 0 aliphatic heterocycles. The van der Waals surface area contributed by atoms with Gasteiger partial charge in [-0.25, -0.2) is 4.79 Å². The van der Waals surface area contributed by atoms with Gasteiger partial charge in [-0.15, -0.1) is 0 Å². The summed E-state index contributed by atoms with van der Waals surface area (Å²) in [5, 5.41) is 59.0. The maximum absolute atomic E-state index is 14.2. The second kappa shape index (κ2) is 35.7. The predicted molar refractivity (Wildman–Crippen MR) is 296 cm³/mol. The zero-order valence-corrected chi connectivity index (χ0v) is 46.7. The van der Waals surface area contributed by atoms with E-state index in [4.69, 9.17) is 22.9 Å². The normalized spacial score (nSPS) is 14.8. The molecule has 0 radical (unpaired) electrons. The molecule has 27 nitrogen and oxygen atoms in total. The first-order valence-electron chi connectivity index (χ1n) is 27.1. The zero-order chi connectivity index (χ0) is 60.9. The number of primary amides is 1. The summed E-state index contributed by atoms with van der Waals surface area (Å²) in [4.78, 5) is 147. The molecule has 0 aliphatic carbocycles. The zero-order valence-electron chi connectivity index (χ0n) is 46.7. The number of phenolic OH excluding ortho intramolecular Hbond substituents is 2. The van der Waals surface area contributed by atoms with Gasteiger partial charge in [0.05, 0.1) is 12.5 Å².